The molecule has 2 rings (SSSR count). The average Bonchev–Trinajstić information content (AvgIpc) is 2.90. The van der Waals surface area contributed by atoms with Gasteiger partial charge in [0.25, 0.3) is 5.91 Å². The van der Waals surface area contributed by atoms with Gasteiger partial charge < -0.3 is 10.0 Å². The molecule has 2 aromatic rings. The zero-order valence-corrected chi connectivity index (χ0v) is 13.1. The predicted octanol–water partition coefficient (Wildman–Crippen LogP) is 2.99. The summed E-state index contributed by atoms with van der Waals surface area (Å²) < 4.78 is 0. The maximum Gasteiger partial charge on any atom is 0.269 e. The molecule has 1 N–H and O–H groups in total. The highest BCUT2D eigenvalue weighted by atomic mass is 32.1. The Morgan fingerprint density at radius 2 is 1.95 bits per heavy atom. The molecule has 0 bridgehead atoms. The zero-order chi connectivity index (χ0) is 15.4. The van der Waals surface area contributed by atoms with Gasteiger partial charge in [-0.25, -0.2) is 0 Å². The number of anilines is 1. The average molecular weight is 299 g/mol. The largest absolute Gasteiger partial charge is 0.384 e. The van der Waals surface area contributed by atoms with Crippen LogP contribution in [-0.2, 0) is 0 Å². The Hall–Kier alpha value is -2.09. The summed E-state index contributed by atoms with van der Waals surface area (Å²) in [6.45, 7) is 3.81. The number of carbonyl (C=O) groups is 1. The highest BCUT2D eigenvalue weighted by Crippen LogP contribution is 2.23. The molecule has 1 aromatic heterocycles. The number of hydrogen-bond donors (Lipinski definition) is 1. The Kier molecular flexibility index (Phi) is 4.79. The van der Waals surface area contributed by atoms with E-state index in [0.717, 1.165) is 16.8 Å². The molecule has 0 saturated heterocycles. The van der Waals surface area contributed by atoms with Crippen molar-refractivity contribution in [3.63, 3.8) is 0 Å². The predicted molar refractivity (Wildman–Crippen MR) is 86.9 cm³/mol. The molecule has 108 valence electrons. The molecular weight excluding hydrogens is 282 g/mol. The van der Waals surface area contributed by atoms with E-state index >= 15 is 0 Å². The third kappa shape index (κ3) is 3.52. The first kappa shape index (κ1) is 15.3. The fourth-order valence-corrected chi connectivity index (χ4v) is 2.95. The van der Waals surface area contributed by atoms with Crippen molar-refractivity contribution in [1.82, 2.24) is 0 Å². The van der Waals surface area contributed by atoms with E-state index < -0.39 is 0 Å². The van der Waals surface area contributed by atoms with E-state index in [0.29, 0.717) is 10.4 Å². The van der Waals surface area contributed by atoms with Gasteiger partial charge in [0, 0.05) is 18.3 Å². The first-order chi connectivity index (χ1) is 10.0. The monoisotopic (exact) mass is 299 g/mol. The van der Waals surface area contributed by atoms with Crippen LogP contribution in [0, 0.1) is 25.7 Å². The smallest absolute Gasteiger partial charge is 0.269 e. The second-order valence-electron chi connectivity index (χ2n) is 4.83. The molecule has 0 aliphatic heterocycles. The van der Waals surface area contributed by atoms with Crippen molar-refractivity contribution in [3.8, 4) is 11.8 Å². The second-order valence-corrected chi connectivity index (χ2v) is 5.75. The van der Waals surface area contributed by atoms with Crippen LogP contribution in [0.1, 0.15) is 26.4 Å². The number of amides is 1. The molecule has 21 heavy (non-hydrogen) atoms. The van der Waals surface area contributed by atoms with E-state index in [9.17, 15) is 4.79 Å². The number of benzene rings is 1. The lowest BCUT2D eigenvalue weighted by atomic mass is 10.1. The van der Waals surface area contributed by atoms with Crippen LogP contribution in [0.4, 0.5) is 5.69 Å². The van der Waals surface area contributed by atoms with Gasteiger partial charge >= 0.3 is 0 Å². The highest BCUT2D eigenvalue weighted by molar-refractivity contribution is 7.12. The van der Waals surface area contributed by atoms with Crippen LogP contribution in [0.15, 0.2) is 29.6 Å². The summed E-state index contributed by atoms with van der Waals surface area (Å²) >= 11 is 1.36. The van der Waals surface area contributed by atoms with E-state index in [4.69, 9.17) is 5.11 Å². The van der Waals surface area contributed by atoms with Crippen LogP contribution in [0.25, 0.3) is 0 Å². The maximum atomic E-state index is 12.6. The summed E-state index contributed by atoms with van der Waals surface area (Å²) in [5.41, 5.74) is 3.77. The van der Waals surface area contributed by atoms with Crippen LogP contribution in [-0.4, -0.2) is 24.7 Å². The van der Waals surface area contributed by atoms with Gasteiger partial charge in [-0.15, -0.1) is 11.3 Å². The molecule has 0 fully saturated rings. The minimum Gasteiger partial charge on any atom is -0.384 e. The molecule has 0 aliphatic carbocycles. The summed E-state index contributed by atoms with van der Waals surface area (Å²) in [6, 6.07) is 7.84. The van der Waals surface area contributed by atoms with Crippen molar-refractivity contribution in [2.45, 2.75) is 13.8 Å². The number of nitrogens with zero attached hydrogens (tertiary/aromatic N) is 1. The fourth-order valence-electron chi connectivity index (χ4n) is 2.12. The van der Waals surface area contributed by atoms with Crippen LogP contribution in [0.5, 0.6) is 0 Å². The van der Waals surface area contributed by atoms with Crippen LogP contribution >= 0.6 is 11.3 Å². The molecule has 1 amide bonds. The highest BCUT2D eigenvalue weighted by Gasteiger charge is 2.18. The van der Waals surface area contributed by atoms with E-state index in [1.165, 1.54) is 11.3 Å². The number of aliphatic hydroxyl groups is 1. The minimum absolute atomic E-state index is 0.0859. The molecule has 1 aromatic carbocycles. The van der Waals surface area contributed by atoms with Gasteiger partial charge in [-0.3, -0.25) is 4.79 Å². The third-order valence-corrected chi connectivity index (χ3v) is 3.96. The van der Waals surface area contributed by atoms with Gasteiger partial charge in [-0.05, 0) is 48.6 Å². The lowest BCUT2D eigenvalue weighted by Gasteiger charge is -2.18. The van der Waals surface area contributed by atoms with Crippen molar-refractivity contribution in [3.05, 3.63) is 51.2 Å². The SMILES string of the molecule is Cc1cc(C)cc(N(C)C(=O)c2sccc2C#CCO)c1. The van der Waals surface area contributed by atoms with E-state index in [-0.39, 0.29) is 12.5 Å². The summed E-state index contributed by atoms with van der Waals surface area (Å²) in [6.07, 6.45) is 0. The van der Waals surface area contributed by atoms with E-state index in [1.807, 2.05) is 31.4 Å². The third-order valence-electron chi connectivity index (χ3n) is 3.06. The first-order valence-electron chi connectivity index (χ1n) is 6.56. The van der Waals surface area contributed by atoms with E-state index in [1.54, 1.807) is 18.0 Å². The summed E-state index contributed by atoms with van der Waals surface area (Å²) in [5, 5.41) is 10.6. The molecule has 0 radical (unpaired) electrons. The van der Waals surface area contributed by atoms with Gasteiger partial charge in [0.1, 0.15) is 11.5 Å². The summed E-state index contributed by atoms with van der Waals surface area (Å²) in [7, 11) is 1.76. The Morgan fingerprint density at radius 3 is 2.57 bits per heavy atom. The van der Waals surface area contributed by atoms with E-state index in [2.05, 4.69) is 17.9 Å². The number of carbonyl (C=O) groups excluding carboxylic acids is 1. The molecule has 4 heteroatoms. The number of thiophene rings is 1. The lowest BCUT2D eigenvalue weighted by Crippen LogP contribution is -2.26. The van der Waals surface area contributed by atoms with Crippen molar-refractivity contribution >= 4 is 22.9 Å². The Bertz CT molecular complexity index is 702. The number of hydrogen-bond acceptors (Lipinski definition) is 3. The lowest BCUT2D eigenvalue weighted by molar-refractivity contribution is 0.0996. The van der Waals surface area contributed by atoms with Gasteiger partial charge in [-0.2, -0.15) is 0 Å². The topological polar surface area (TPSA) is 40.5 Å². The molecule has 0 unspecified atom stereocenters. The van der Waals surface area contributed by atoms with Crippen molar-refractivity contribution in [1.29, 1.82) is 0 Å². The van der Waals surface area contributed by atoms with Crippen LogP contribution < -0.4 is 4.90 Å². The standard InChI is InChI=1S/C17H17NO2S/c1-12-9-13(2)11-15(10-12)18(3)17(20)16-14(5-4-7-19)6-8-21-16/h6,8-11,19H,7H2,1-3H3. The molecule has 0 aliphatic rings. The van der Waals surface area contributed by atoms with Crippen LogP contribution in [0.3, 0.4) is 0 Å². The first-order valence-corrected chi connectivity index (χ1v) is 7.44. The molecule has 3 nitrogen and oxygen atoms in total. The van der Waals surface area contributed by atoms with Gasteiger partial charge in [0.05, 0.1) is 0 Å². The number of aryl methyl sites for hydroxylation is 2. The molecule has 1 heterocycles. The van der Waals surface area contributed by atoms with Gasteiger partial charge in [-0.1, -0.05) is 17.9 Å². The number of rotatable bonds is 2. The Morgan fingerprint density at radius 1 is 1.29 bits per heavy atom. The molecular formula is C17H17NO2S. The van der Waals surface area contributed by atoms with Gasteiger partial charge in [0.2, 0.25) is 0 Å². The number of aliphatic hydroxyl groups excluding tert-OH is 1. The normalized spacial score (nSPS) is 9.90. The van der Waals surface area contributed by atoms with Crippen molar-refractivity contribution in [2.75, 3.05) is 18.6 Å². The maximum absolute atomic E-state index is 12.6. The summed E-state index contributed by atoms with van der Waals surface area (Å²) in [4.78, 5) is 14.8. The molecule has 0 spiro atoms. The molecule has 0 atom stereocenters. The Labute approximate surface area is 128 Å². The van der Waals surface area contributed by atoms with Gasteiger partial charge in [0.15, 0.2) is 0 Å². The minimum atomic E-state index is -0.212. The fraction of sp³-hybridized carbons (Fsp3) is 0.235. The quantitative estimate of drug-likeness (QED) is 0.866. The van der Waals surface area contributed by atoms with Crippen molar-refractivity contribution < 1.29 is 9.90 Å². The van der Waals surface area contributed by atoms with Crippen LogP contribution in [0.2, 0.25) is 0 Å². The zero-order valence-electron chi connectivity index (χ0n) is 12.3. The van der Waals surface area contributed by atoms with Crippen molar-refractivity contribution in [2.24, 2.45) is 0 Å². The summed E-state index contributed by atoms with van der Waals surface area (Å²) in [5.74, 6) is 5.31. The Balaban J connectivity index is 2.33. The molecule has 0 saturated carbocycles. The second kappa shape index (κ2) is 6.57.